The molecule has 0 aromatic heterocycles. The molecule has 2 N–H and O–H groups in total. The predicted octanol–water partition coefficient (Wildman–Crippen LogP) is 5.77. The molecule has 27 heavy (non-hydrogen) atoms. The van der Waals surface area contributed by atoms with E-state index in [1.54, 1.807) is 0 Å². The zero-order chi connectivity index (χ0) is 20.1. The van der Waals surface area contributed by atoms with E-state index in [1.165, 1.54) is 16.7 Å². The van der Waals surface area contributed by atoms with Crippen LogP contribution in [0, 0.1) is 41.5 Å². The quantitative estimate of drug-likeness (QED) is 0.646. The molecule has 4 heteroatoms. The van der Waals surface area contributed by atoms with Crippen LogP contribution in [-0.2, 0) is 6.42 Å². The summed E-state index contributed by atoms with van der Waals surface area (Å²) in [7, 11) is 0. The average Bonchev–Trinajstić information content (AvgIpc) is 2.62. The smallest absolute Gasteiger partial charge is 0.156 e. The third kappa shape index (κ3) is 3.31. The molecule has 1 atom stereocenters. The van der Waals surface area contributed by atoms with E-state index in [-0.39, 0.29) is 0 Å². The maximum Gasteiger partial charge on any atom is 0.156 e. The number of rotatable bonds is 2. The number of thiocarbonyl (C=S) groups is 1. The first-order valence-corrected chi connectivity index (χ1v) is 9.86. The van der Waals surface area contributed by atoms with Gasteiger partial charge in [0.25, 0.3) is 0 Å². The van der Waals surface area contributed by atoms with Gasteiger partial charge in [0.15, 0.2) is 5.60 Å². The van der Waals surface area contributed by atoms with Gasteiger partial charge in [-0.2, -0.15) is 0 Å². The largest absolute Gasteiger partial charge is 0.507 e. The van der Waals surface area contributed by atoms with E-state index in [4.69, 9.17) is 17.0 Å². The zero-order valence-corrected chi connectivity index (χ0v) is 18.1. The number of anilines is 1. The topological polar surface area (TPSA) is 41.5 Å². The first kappa shape index (κ1) is 19.7. The van der Waals surface area contributed by atoms with Gasteiger partial charge in [0.2, 0.25) is 0 Å². The van der Waals surface area contributed by atoms with Crippen molar-refractivity contribution in [3.63, 3.8) is 0 Å². The Labute approximate surface area is 167 Å². The summed E-state index contributed by atoms with van der Waals surface area (Å²) in [6.45, 7) is 14.3. The van der Waals surface area contributed by atoms with Crippen molar-refractivity contribution in [2.45, 2.75) is 66.9 Å². The van der Waals surface area contributed by atoms with Gasteiger partial charge in [-0.15, -0.1) is 0 Å². The predicted molar refractivity (Wildman–Crippen MR) is 117 cm³/mol. The summed E-state index contributed by atoms with van der Waals surface area (Å²) in [5.74, 6) is 1.25. The van der Waals surface area contributed by atoms with Crippen molar-refractivity contribution in [1.82, 2.24) is 0 Å². The molecule has 0 radical (unpaired) electrons. The van der Waals surface area contributed by atoms with E-state index in [2.05, 4.69) is 45.1 Å². The Balaban J connectivity index is 1.93. The molecule has 144 valence electrons. The summed E-state index contributed by atoms with van der Waals surface area (Å²) in [5, 5.41) is 13.8. The lowest BCUT2D eigenvalue weighted by molar-refractivity contribution is 0.134. The molecular formula is C23H29NO2S. The molecule has 0 bridgehead atoms. The van der Waals surface area contributed by atoms with Crippen LogP contribution in [0.1, 0.15) is 52.3 Å². The fraction of sp³-hybridized carbons (Fsp3) is 0.435. The highest BCUT2D eigenvalue weighted by Crippen LogP contribution is 2.43. The second-order valence-electron chi connectivity index (χ2n) is 8.07. The minimum Gasteiger partial charge on any atom is -0.507 e. The van der Waals surface area contributed by atoms with Crippen molar-refractivity contribution in [3.8, 4) is 11.5 Å². The third-order valence-electron chi connectivity index (χ3n) is 6.09. The van der Waals surface area contributed by atoms with Gasteiger partial charge in [0.1, 0.15) is 16.5 Å². The van der Waals surface area contributed by atoms with E-state index < -0.39 is 5.60 Å². The summed E-state index contributed by atoms with van der Waals surface area (Å²) < 4.78 is 6.48. The van der Waals surface area contributed by atoms with Crippen LogP contribution in [0.2, 0.25) is 0 Å². The van der Waals surface area contributed by atoms with Crippen LogP contribution >= 0.6 is 12.2 Å². The van der Waals surface area contributed by atoms with Crippen LogP contribution in [0.4, 0.5) is 5.69 Å². The molecule has 1 aliphatic heterocycles. The number of aromatic hydroxyl groups is 1. The summed E-state index contributed by atoms with van der Waals surface area (Å²) in [5.41, 5.74) is 8.03. The van der Waals surface area contributed by atoms with Crippen molar-refractivity contribution in [2.24, 2.45) is 0 Å². The molecule has 0 amide bonds. The van der Waals surface area contributed by atoms with Gasteiger partial charge in [-0.25, -0.2) is 0 Å². The Bertz CT molecular complexity index is 948. The fourth-order valence-electron chi connectivity index (χ4n) is 3.76. The van der Waals surface area contributed by atoms with Crippen molar-refractivity contribution in [2.75, 3.05) is 5.32 Å². The Morgan fingerprint density at radius 2 is 1.63 bits per heavy atom. The van der Waals surface area contributed by atoms with E-state index in [0.717, 1.165) is 46.5 Å². The number of phenolic OH excluding ortho intramolecular Hbond substituents is 1. The van der Waals surface area contributed by atoms with Crippen LogP contribution < -0.4 is 10.1 Å². The van der Waals surface area contributed by atoms with Crippen molar-refractivity contribution < 1.29 is 9.84 Å². The van der Waals surface area contributed by atoms with Gasteiger partial charge in [-0.05, 0) is 101 Å². The number of hydrogen-bond acceptors (Lipinski definition) is 3. The lowest BCUT2D eigenvalue weighted by Crippen LogP contribution is -2.47. The molecule has 2 aromatic rings. The molecule has 0 saturated heterocycles. The van der Waals surface area contributed by atoms with Gasteiger partial charge in [-0.1, -0.05) is 18.3 Å². The molecule has 3 nitrogen and oxygen atoms in total. The highest BCUT2D eigenvalue weighted by atomic mass is 32.1. The number of nitrogens with one attached hydrogen (secondary N) is 1. The molecule has 1 heterocycles. The van der Waals surface area contributed by atoms with Crippen LogP contribution in [-0.4, -0.2) is 15.7 Å². The van der Waals surface area contributed by atoms with E-state index in [0.29, 0.717) is 10.7 Å². The number of ether oxygens (including phenoxy) is 1. The SMILES string of the molecule is Cc1cc(C)c(NC(=S)C2(C)CCc3c(C)c(O)c(C)c(C)c3O2)cc1C. The molecule has 2 aromatic carbocycles. The van der Waals surface area contributed by atoms with Crippen LogP contribution in [0.5, 0.6) is 11.5 Å². The minimum absolute atomic E-state index is 0.380. The molecule has 0 spiro atoms. The lowest BCUT2D eigenvalue weighted by Gasteiger charge is -2.38. The molecule has 3 rings (SSSR count). The summed E-state index contributed by atoms with van der Waals surface area (Å²) in [6, 6.07) is 4.33. The van der Waals surface area contributed by atoms with Crippen molar-refractivity contribution >= 4 is 22.9 Å². The number of hydrogen-bond donors (Lipinski definition) is 2. The summed E-state index contributed by atoms with van der Waals surface area (Å²) in [4.78, 5) is 0.697. The van der Waals surface area contributed by atoms with E-state index in [1.807, 2.05) is 20.8 Å². The maximum absolute atomic E-state index is 10.4. The molecule has 0 saturated carbocycles. The van der Waals surface area contributed by atoms with Gasteiger partial charge in [-0.3, -0.25) is 0 Å². The monoisotopic (exact) mass is 383 g/mol. The Kier molecular flexibility index (Phi) is 4.98. The average molecular weight is 384 g/mol. The Morgan fingerprint density at radius 1 is 1.00 bits per heavy atom. The van der Waals surface area contributed by atoms with Gasteiger partial charge in [0.05, 0.1) is 0 Å². The summed E-state index contributed by atoms with van der Waals surface area (Å²) in [6.07, 6.45) is 1.61. The lowest BCUT2D eigenvalue weighted by atomic mass is 9.87. The third-order valence-corrected chi connectivity index (χ3v) is 6.62. The first-order valence-electron chi connectivity index (χ1n) is 9.45. The summed E-state index contributed by atoms with van der Waals surface area (Å²) >= 11 is 5.78. The maximum atomic E-state index is 10.4. The molecular weight excluding hydrogens is 354 g/mol. The van der Waals surface area contributed by atoms with Crippen LogP contribution in [0.15, 0.2) is 12.1 Å². The fourth-order valence-corrected chi connectivity index (χ4v) is 4.01. The molecule has 0 fully saturated rings. The minimum atomic E-state index is -0.575. The van der Waals surface area contributed by atoms with Crippen molar-refractivity contribution in [3.05, 3.63) is 51.1 Å². The highest BCUT2D eigenvalue weighted by molar-refractivity contribution is 7.80. The Hall–Kier alpha value is -2.07. The van der Waals surface area contributed by atoms with Gasteiger partial charge < -0.3 is 15.2 Å². The second-order valence-corrected chi connectivity index (χ2v) is 8.48. The van der Waals surface area contributed by atoms with Crippen LogP contribution in [0.25, 0.3) is 0 Å². The number of aryl methyl sites for hydroxylation is 3. The molecule has 1 unspecified atom stereocenters. The molecule has 1 aliphatic rings. The van der Waals surface area contributed by atoms with Crippen molar-refractivity contribution in [1.29, 1.82) is 0 Å². The van der Waals surface area contributed by atoms with Crippen LogP contribution in [0.3, 0.4) is 0 Å². The number of fused-ring (bicyclic) bond motifs is 1. The first-order chi connectivity index (χ1) is 12.5. The standard InChI is InChI=1S/C23H29NO2S/c1-12-10-14(3)19(11-13(12)2)24-22(27)23(7)9-8-18-17(6)20(25)15(4)16(5)21(18)26-23/h10-11,25H,8-9H2,1-7H3,(H,24,27). The number of benzene rings is 2. The Morgan fingerprint density at radius 3 is 2.30 bits per heavy atom. The number of phenols is 1. The highest BCUT2D eigenvalue weighted by Gasteiger charge is 2.38. The van der Waals surface area contributed by atoms with Gasteiger partial charge >= 0.3 is 0 Å². The van der Waals surface area contributed by atoms with E-state index in [9.17, 15) is 5.11 Å². The zero-order valence-electron chi connectivity index (χ0n) is 17.3. The van der Waals surface area contributed by atoms with E-state index >= 15 is 0 Å². The molecule has 0 aliphatic carbocycles. The second kappa shape index (κ2) is 6.83. The van der Waals surface area contributed by atoms with Gasteiger partial charge in [0, 0.05) is 11.3 Å². The normalized spacial score (nSPS) is 18.6.